The lowest BCUT2D eigenvalue weighted by Crippen LogP contribution is -2.40. The van der Waals surface area contributed by atoms with Crippen LogP contribution >= 0.6 is 0 Å². The van der Waals surface area contributed by atoms with Crippen molar-refractivity contribution in [2.24, 2.45) is 9.98 Å². The highest BCUT2D eigenvalue weighted by Crippen LogP contribution is 2.37. The minimum Gasteiger partial charge on any atom is -0.310 e. The summed E-state index contributed by atoms with van der Waals surface area (Å²) in [6.45, 7) is 0. The summed E-state index contributed by atoms with van der Waals surface area (Å²) in [5.74, 6) is -0.292. The highest BCUT2D eigenvalue weighted by molar-refractivity contribution is 6.20. The molecule has 6 heteroatoms. The summed E-state index contributed by atoms with van der Waals surface area (Å²) < 4.78 is 147. The van der Waals surface area contributed by atoms with Gasteiger partial charge in [0.25, 0.3) is 0 Å². The van der Waals surface area contributed by atoms with Gasteiger partial charge in [0.05, 0.1) is 60.7 Å². The van der Waals surface area contributed by atoms with Gasteiger partial charge in [-0.1, -0.05) is 121 Å². The lowest BCUT2D eigenvalue weighted by atomic mass is 10.1. The van der Waals surface area contributed by atoms with Crippen LogP contribution in [0.1, 0.15) is 33.8 Å². The van der Waals surface area contributed by atoms with Crippen molar-refractivity contribution in [2.45, 2.75) is 6.29 Å². The van der Waals surface area contributed by atoms with E-state index in [9.17, 15) is 5.48 Å². The number of hydrogen-bond acceptors (Lipinski definition) is 3. The van der Waals surface area contributed by atoms with Gasteiger partial charge in [-0.2, -0.15) is 0 Å². The maximum atomic E-state index is 9.24. The van der Waals surface area contributed by atoms with Gasteiger partial charge in [0.1, 0.15) is 5.84 Å². The number of fused-ring (bicyclic) bond motifs is 9. The molecule has 0 saturated heterocycles. The molecule has 4 heterocycles. The van der Waals surface area contributed by atoms with Crippen LogP contribution < -0.4 is 5.32 Å². The Morgan fingerprint density at radius 3 is 1.51 bits per heavy atom. The predicted molar refractivity (Wildman–Crippen MR) is 211 cm³/mol. The first kappa shape index (κ1) is 16.7. The SMILES string of the molecule is [2H]c1c([2H])c([2H])c2c(c1[2H])c1c([2H])c([2H])c([2H])c([2H])c1n2C1=NC(n2c3c([2H])c([2H])c([2H])c([2H])c3c3c([2H])c([2H])c([2H])c([2H])c32)N=C(c2ccccc2-n2c3ccccc3c3ccccc32)N1. The van der Waals surface area contributed by atoms with E-state index in [1.165, 1.54) is 4.57 Å². The van der Waals surface area contributed by atoms with Crippen LogP contribution in [0.5, 0.6) is 0 Å². The first-order chi connectivity index (χ1) is 32.0. The van der Waals surface area contributed by atoms with Crippen LogP contribution in [-0.4, -0.2) is 25.5 Å². The van der Waals surface area contributed by atoms with Crippen molar-refractivity contribution in [2.75, 3.05) is 0 Å². The Balaban J connectivity index is 1.33. The average molecular weight is 671 g/mol. The first-order valence-electron chi connectivity index (χ1n) is 24.0. The maximum absolute atomic E-state index is 9.24. The summed E-state index contributed by atoms with van der Waals surface area (Å²) in [5, 5.41) is 4.18. The molecule has 51 heavy (non-hydrogen) atoms. The maximum Gasteiger partial charge on any atom is 0.226 e. The molecule has 6 nitrogen and oxygen atoms in total. The van der Waals surface area contributed by atoms with Gasteiger partial charge in [0.15, 0.2) is 0 Å². The molecule has 1 unspecified atom stereocenters. The largest absolute Gasteiger partial charge is 0.310 e. The Hall–Kier alpha value is -6.92. The quantitative estimate of drug-likeness (QED) is 0.200. The molecule has 1 atom stereocenters. The van der Waals surface area contributed by atoms with Crippen LogP contribution in [0.15, 0.2) is 179 Å². The van der Waals surface area contributed by atoms with E-state index in [0.29, 0.717) is 11.3 Å². The minimum atomic E-state index is -1.73. The van der Waals surface area contributed by atoms with Gasteiger partial charge in [-0.25, -0.2) is 9.98 Å². The standard InChI is InChI=1S/C45H30N6/c1-8-22-36-29(15-1)30-16-2-9-23-37(30)49(36)42-28-14-7-21-35(42)43-46-44(50-38-24-10-3-17-31(38)32-18-4-11-25-39(32)50)48-45(47-43)51-40-26-12-5-19-33(40)34-20-6-13-27-41(34)51/h1-28,44H,(H,46,47,48)/i3D,4D,5D,6D,10D,11D,12D,13D,17D,18D,19D,20D,24D,25D,26D,27D. The van der Waals surface area contributed by atoms with Crippen molar-refractivity contribution in [3.8, 4) is 5.69 Å². The third kappa shape index (κ3) is 4.04. The summed E-state index contributed by atoms with van der Waals surface area (Å²) in [6, 6.07) is 12.6. The van der Waals surface area contributed by atoms with Crippen LogP contribution in [0, 0.1) is 0 Å². The van der Waals surface area contributed by atoms with E-state index < -0.39 is 103 Å². The fourth-order valence-electron chi connectivity index (χ4n) is 7.15. The molecule has 240 valence electrons. The van der Waals surface area contributed by atoms with Crippen LogP contribution in [0.25, 0.3) is 71.1 Å². The number of benzene rings is 7. The molecular formula is C45H30N6. The van der Waals surface area contributed by atoms with E-state index in [0.717, 1.165) is 26.4 Å². The van der Waals surface area contributed by atoms with Gasteiger partial charge >= 0.3 is 0 Å². The zero-order chi connectivity index (χ0) is 47.4. The monoisotopic (exact) mass is 670 g/mol. The summed E-state index contributed by atoms with van der Waals surface area (Å²) >= 11 is 0. The lowest BCUT2D eigenvalue weighted by Gasteiger charge is -2.26. The lowest BCUT2D eigenvalue weighted by molar-refractivity contribution is 0.571. The topological polar surface area (TPSA) is 51.5 Å². The zero-order valence-electron chi connectivity index (χ0n) is 42.2. The molecule has 1 N–H and O–H groups in total. The van der Waals surface area contributed by atoms with Crippen molar-refractivity contribution < 1.29 is 21.9 Å². The molecule has 0 fully saturated rings. The van der Waals surface area contributed by atoms with Gasteiger partial charge in [-0.3, -0.25) is 9.13 Å². The van der Waals surface area contributed by atoms with Crippen LogP contribution in [0.4, 0.5) is 0 Å². The molecule has 1 aliphatic rings. The van der Waals surface area contributed by atoms with Gasteiger partial charge in [-0.15, -0.1) is 0 Å². The summed E-state index contributed by atoms with van der Waals surface area (Å²) in [5.41, 5.74) is 1.52. The second-order valence-corrected chi connectivity index (χ2v) is 11.9. The Morgan fingerprint density at radius 1 is 0.451 bits per heavy atom. The molecule has 10 aromatic rings. The number of hydrogen-bond donors (Lipinski definition) is 1. The van der Waals surface area contributed by atoms with Gasteiger partial charge < -0.3 is 9.88 Å². The van der Waals surface area contributed by atoms with E-state index in [1.807, 2.05) is 65.2 Å². The Labute approximate surface area is 315 Å². The van der Waals surface area contributed by atoms with E-state index >= 15 is 0 Å². The predicted octanol–water partition coefficient (Wildman–Crippen LogP) is 10.4. The number of nitrogens with one attached hydrogen (secondary N) is 1. The smallest absolute Gasteiger partial charge is 0.226 e. The molecule has 0 bridgehead atoms. The van der Waals surface area contributed by atoms with Crippen molar-refractivity contribution in [3.63, 3.8) is 0 Å². The molecule has 1 aliphatic heterocycles. The van der Waals surface area contributed by atoms with Crippen molar-refractivity contribution in [1.82, 2.24) is 19.0 Å². The molecule has 0 saturated carbocycles. The van der Waals surface area contributed by atoms with Gasteiger partial charge in [0, 0.05) is 37.9 Å². The van der Waals surface area contributed by atoms with Crippen molar-refractivity contribution in [1.29, 1.82) is 0 Å². The second kappa shape index (κ2) is 10.8. The van der Waals surface area contributed by atoms with E-state index in [4.69, 9.17) is 26.4 Å². The molecule has 3 aromatic heterocycles. The molecule has 0 radical (unpaired) electrons. The number of rotatable bonds is 3. The highest BCUT2D eigenvalue weighted by Gasteiger charge is 2.27. The van der Waals surface area contributed by atoms with E-state index in [-0.39, 0.29) is 55.4 Å². The third-order valence-electron chi connectivity index (χ3n) is 9.24. The molecular weight excluding hydrogens is 625 g/mol. The van der Waals surface area contributed by atoms with Crippen LogP contribution in [0.2, 0.25) is 0 Å². The van der Waals surface area contributed by atoms with E-state index in [1.54, 1.807) is 12.1 Å². The number of para-hydroxylation sites is 7. The minimum absolute atomic E-state index is 0.0146. The summed E-state index contributed by atoms with van der Waals surface area (Å²) in [4.78, 5) is 10.0. The van der Waals surface area contributed by atoms with Gasteiger partial charge in [-0.05, 0) is 48.4 Å². The van der Waals surface area contributed by atoms with Crippen molar-refractivity contribution in [3.05, 3.63) is 175 Å². The van der Waals surface area contributed by atoms with Crippen molar-refractivity contribution >= 4 is 77.2 Å². The van der Waals surface area contributed by atoms with E-state index in [2.05, 4.69) is 5.32 Å². The Morgan fingerprint density at radius 2 is 0.922 bits per heavy atom. The number of aliphatic imine (C=N–C) groups is 2. The highest BCUT2D eigenvalue weighted by atomic mass is 15.4. The summed E-state index contributed by atoms with van der Waals surface area (Å²) in [7, 11) is 0. The number of nitrogens with zero attached hydrogens (tertiary/aromatic N) is 5. The average Bonchev–Trinajstić information content (AvgIpc) is 4.01. The summed E-state index contributed by atoms with van der Waals surface area (Å²) in [6.07, 6.45) is -1.73. The fourth-order valence-corrected chi connectivity index (χ4v) is 7.15. The fraction of sp³-hybridized carbons (Fsp3) is 0.0222. The Bertz CT molecular complexity index is 3790. The molecule has 11 rings (SSSR count). The normalized spacial score (nSPS) is 19.3. The first-order valence-corrected chi connectivity index (χ1v) is 16.0. The molecule has 0 spiro atoms. The Kier molecular flexibility index (Phi) is 3.52. The van der Waals surface area contributed by atoms with Crippen LogP contribution in [0.3, 0.4) is 0 Å². The molecule has 0 amide bonds. The number of amidine groups is 1. The third-order valence-corrected chi connectivity index (χ3v) is 9.24. The second-order valence-electron chi connectivity index (χ2n) is 11.9. The van der Waals surface area contributed by atoms with Gasteiger partial charge in [0.2, 0.25) is 12.2 Å². The van der Waals surface area contributed by atoms with Crippen LogP contribution in [-0.2, 0) is 0 Å². The molecule has 7 aromatic carbocycles. The molecule has 0 aliphatic carbocycles. The zero-order valence-corrected chi connectivity index (χ0v) is 26.2. The number of aromatic nitrogens is 3.